The summed E-state index contributed by atoms with van der Waals surface area (Å²) in [5.41, 5.74) is 8.78. The number of ether oxygens (including phenoxy) is 1. The van der Waals surface area contributed by atoms with E-state index in [-0.39, 0.29) is 0 Å². The van der Waals surface area contributed by atoms with Crippen molar-refractivity contribution in [2.45, 2.75) is 19.8 Å². The molecule has 0 spiro atoms. The van der Waals surface area contributed by atoms with Gasteiger partial charge in [0, 0.05) is 11.8 Å². The number of nitrogens with zero attached hydrogens (tertiary/aromatic N) is 1. The molecule has 2 N–H and O–H groups in total. The van der Waals surface area contributed by atoms with E-state index in [1.165, 1.54) is 18.9 Å². The Hall–Kier alpha value is -2.80. The lowest BCUT2D eigenvalue weighted by Gasteiger charge is -2.04. The Labute approximate surface area is 130 Å². The fourth-order valence-electron chi connectivity index (χ4n) is 1.90. The number of pyridine rings is 1. The Balaban J connectivity index is 2.29. The Kier molecular flexibility index (Phi) is 4.80. The fourth-order valence-corrected chi connectivity index (χ4v) is 1.90. The predicted octanol–water partition coefficient (Wildman–Crippen LogP) is 2.97. The van der Waals surface area contributed by atoms with Gasteiger partial charge in [-0.1, -0.05) is 37.8 Å². The van der Waals surface area contributed by atoms with Gasteiger partial charge < -0.3 is 10.5 Å². The van der Waals surface area contributed by atoms with Gasteiger partial charge in [0.05, 0.1) is 18.2 Å². The Bertz CT molecular complexity index is 738. The number of aromatic nitrogens is 1. The number of rotatable bonds is 2. The van der Waals surface area contributed by atoms with E-state index in [9.17, 15) is 4.79 Å². The van der Waals surface area contributed by atoms with E-state index in [0.29, 0.717) is 22.9 Å². The number of hydrogen-bond acceptors (Lipinski definition) is 4. The molecule has 2 aromatic rings. The summed E-state index contributed by atoms with van der Waals surface area (Å²) in [7, 11) is 1.32. The van der Waals surface area contributed by atoms with Crippen LogP contribution in [0.2, 0.25) is 0 Å². The van der Waals surface area contributed by atoms with Crippen molar-refractivity contribution in [1.29, 1.82) is 0 Å². The van der Waals surface area contributed by atoms with Crippen molar-refractivity contribution < 1.29 is 9.53 Å². The molecule has 22 heavy (non-hydrogen) atoms. The molecule has 4 heteroatoms. The van der Waals surface area contributed by atoms with Crippen LogP contribution in [-0.4, -0.2) is 18.1 Å². The highest BCUT2D eigenvalue weighted by molar-refractivity contribution is 5.89. The minimum Gasteiger partial charge on any atom is -0.465 e. The molecule has 0 aliphatic carbocycles. The summed E-state index contributed by atoms with van der Waals surface area (Å²) in [6.07, 6.45) is 1.38. The van der Waals surface area contributed by atoms with Crippen molar-refractivity contribution in [1.82, 2.24) is 4.98 Å². The van der Waals surface area contributed by atoms with E-state index >= 15 is 0 Å². The first kappa shape index (κ1) is 15.6. The number of methoxy groups -OCH3 is 1. The molecular weight excluding hydrogens is 276 g/mol. The van der Waals surface area contributed by atoms with E-state index < -0.39 is 5.97 Å². The maximum absolute atomic E-state index is 11.5. The molecule has 2 rings (SSSR count). The summed E-state index contributed by atoms with van der Waals surface area (Å²) in [6.45, 7) is 4.29. The van der Waals surface area contributed by atoms with Crippen LogP contribution in [0.1, 0.15) is 46.8 Å². The zero-order chi connectivity index (χ0) is 16.1. The van der Waals surface area contributed by atoms with E-state index in [4.69, 9.17) is 5.73 Å². The van der Waals surface area contributed by atoms with Crippen LogP contribution in [0, 0.1) is 11.8 Å². The molecule has 0 atom stereocenters. The number of anilines is 1. The summed E-state index contributed by atoms with van der Waals surface area (Å²) in [6, 6.07) is 9.64. The summed E-state index contributed by atoms with van der Waals surface area (Å²) < 4.78 is 4.66. The molecule has 0 unspecified atom stereocenters. The van der Waals surface area contributed by atoms with E-state index in [1.54, 1.807) is 6.07 Å². The van der Waals surface area contributed by atoms with Gasteiger partial charge in [0.15, 0.2) is 0 Å². The third-order valence-corrected chi connectivity index (χ3v) is 3.26. The zero-order valence-corrected chi connectivity index (χ0v) is 12.9. The van der Waals surface area contributed by atoms with Gasteiger partial charge in [-0.2, -0.15) is 0 Å². The summed E-state index contributed by atoms with van der Waals surface area (Å²) in [5, 5.41) is 0. The van der Waals surface area contributed by atoms with Crippen LogP contribution in [0.5, 0.6) is 0 Å². The van der Waals surface area contributed by atoms with Gasteiger partial charge in [0.25, 0.3) is 0 Å². The molecule has 0 fully saturated rings. The molecule has 1 aromatic carbocycles. The topological polar surface area (TPSA) is 65.2 Å². The van der Waals surface area contributed by atoms with E-state index in [0.717, 1.165) is 5.56 Å². The van der Waals surface area contributed by atoms with Gasteiger partial charge >= 0.3 is 5.97 Å². The molecule has 112 valence electrons. The maximum Gasteiger partial charge on any atom is 0.339 e. The van der Waals surface area contributed by atoms with Gasteiger partial charge in [-0.05, 0) is 29.7 Å². The number of benzene rings is 1. The maximum atomic E-state index is 11.5. The fraction of sp³-hybridized carbons (Fsp3) is 0.222. The SMILES string of the molecule is COC(=O)c1cnc(N)c(C#Cc2ccc(C(C)C)cc2)c1. The third kappa shape index (κ3) is 3.64. The largest absolute Gasteiger partial charge is 0.465 e. The quantitative estimate of drug-likeness (QED) is 0.683. The van der Waals surface area contributed by atoms with Gasteiger partial charge in [0.2, 0.25) is 0 Å². The first-order valence-electron chi connectivity index (χ1n) is 6.97. The molecule has 0 aliphatic heterocycles. The molecule has 0 saturated heterocycles. The molecule has 0 bridgehead atoms. The van der Waals surface area contributed by atoms with Gasteiger partial charge in [-0.3, -0.25) is 0 Å². The minimum atomic E-state index is -0.461. The van der Waals surface area contributed by atoms with Crippen LogP contribution in [0.4, 0.5) is 5.82 Å². The van der Waals surface area contributed by atoms with Crippen molar-refractivity contribution in [3.05, 3.63) is 58.8 Å². The Morgan fingerprint density at radius 1 is 1.23 bits per heavy atom. The summed E-state index contributed by atoms with van der Waals surface area (Å²) in [5.74, 6) is 6.30. The van der Waals surface area contributed by atoms with Crippen LogP contribution in [-0.2, 0) is 4.74 Å². The third-order valence-electron chi connectivity index (χ3n) is 3.26. The Morgan fingerprint density at radius 2 is 1.91 bits per heavy atom. The number of esters is 1. The normalized spacial score (nSPS) is 10.0. The number of hydrogen-bond donors (Lipinski definition) is 1. The van der Waals surface area contributed by atoms with Crippen LogP contribution in [0.15, 0.2) is 36.5 Å². The number of carbonyl (C=O) groups excluding carboxylic acids is 1. The van der Waals surface area contributed by atoms with Crippen molar-refractivity contribution in [3.63, 3.8) is 0 Å². The lowest BCUT2D eigenvalue weighted by Crippen LogP contribution is -2.04. The highest BCUT2D eigenvalue weighted by Crippen LogP contribution is 2.15. The predicted molar refractivity (Wildman–Crippen MR) is 86.5 cm³/mol. The average Bonchev–Trinajstić information content (AvgIpc) is 2.53. The van der Waals surface area contributed by atoms with Gasteiger partial charge in [-0.25, -0.2) is 9.78 Å². The zero-order valence-electron chi connectivity index (χ0n) is 12.9. The summed E-state index contributed by atoms with van der Waals surface area (Å²) in [4.78, 5) is 15.5. The van der Waals surface area contributed by atoms with Crippen LogP contribution >= 0.6 is 0 Å². The van der Waals surface area contributed by atoms with Gasteiger partial charge in [-0.15, -0.1) is 0 Å². The number of nitrogen functional groups attached to an aromatic ring is 1. The molecule has 1 aromatic heterocycles. The standard InChI is InChI=1S/C18H18N2O2/c1-12(2)14-7-4-13(5-8-14)6-9-15-10-16(18(21)22-3)11-20-17(15)19/h4-5,7-8,10-12H,1-3H3,(H2,19,20). The molecule has 0 amide bonds. The molecular formula is C18H18N2O2. The van der Waals surface area contributed by atoms with Gasteiger partial charge in [0.1, 0.15) is 5.82 Å². The molecule has 0 aliphatic rings. The van der Waals surface area contributed by atoms with E-state index in [1.807, 2.05) is 12.1 Å². The van der Waals surface area contributed by atoms with Crippen LogP contribution in [0.3, 0.4) is 0 Å². The smallest absolute Gasteiger partial charge is 0.339 e. The first-order chi connectivity index (χ1) is 10.5. The second kappa shape index (κ2) is 6.77. The molecule has 0 saturated carbocycles. The monoisotopic (exact) mass is 294 g/mol. The first-order valence-corrected chi connectivity index (χ1v) is 6.97. The van der Waals surface area contributed by atoms with E-state index in [2.05, 4.69) is 47.5 Å². The number of carbonyl (C=O) groups is 1. The lowest BCUT2D eigenvalue weighted by molar-refractivity contribution is 0.0600. The summed E-state index contributed by atoms with van der Waals surface area (Å²) >= 11 is 0. The van der Waals surface area contributed by atoms with Crippen LogP contribution in [0.25, 0.3) is 0 Å². The van der Waals surface area contributed by atoms with Crippen molar-refractivity contribution >= 4 is 11.8 Å². The van der Waals surface area contributed by atoms with Crippen LogP contribution < -0.4 is 5.73 Å². The second-order valence-electron chi connectivity index (χ2n) is 5.18. The second-order valence-corrected chi connectivity index (χ2v) is 5.18. The lowest BCUT2D eigenvalue weighted by atomic mass is 10.0. The molecule has 0 radical (unpaired) electrons. The minimum absolute atomic E-state index is 0.291. The highest BCUT2D eigenvalue weighted by Gasteiger charge is 2.08. The van der Waals surface area contributed by atoms with Crippen molar-refractivity contribution in [2.24, 2.45) is 0 Å². The highest BCUT2D eigenvalue weighted by atomic mass is 16.5. The van der Waals surface area contributed by atoms with Crippen molar-refractivity contribution in [2.75, 3.05) is 12.8 Å². The molecule has 1 heterocycles. The molecule has 4 nitrogen and oxygen atoms in total. The average molecular weight is 294 g/mol. The Morgan fingerprint density at radius 3 is 2.50 bits per heavy atom. The van der Waals surface area contributed by atoms with Crippen molar-refractivity contribution in [3.8, 4) is 11.8 Å². The number of nitrogens with two attached hydrogens (primary N) is 1.